The van der Waals surface area contributed by atoms with Crippen LogP contribution in [0.15, 0.2) is 24.3 Å². The summed E-state index contributed by atoms with van der Waals surface area (Å²) < 4.78 is 23.7. The number of hydrogen-bond donors (Lipinski definition) is 1. The van der Waals surface area contributed by atoms with Gasteiger partial charge in [-0.25, -0.2) is 8.42 Å². The van der Waals surface area contributed by atoms with E-state index in [0.29, 0.717) is 6.42 Å². The molecule has 0 amide bonds. The van der Waals surface area contributed by atoms with Crippen molar-refractivity contribution in [1.29, 1.82) is 0 Å². The van der Waals surface area contributed by atoms with Crippen LogP contribution in [0, 0.1) is 0 Å². The highest BCUT2D eigenvalue weighted by Gasteiger charge is 2.34. The molecule has 100 valence electrons. The van der Waals surface area contributed by atoms with Crippen molar-refractivity contribution < 1.29 is 8.42 Å². The second-order valence-corrected chi connectivity index (χ2v) is 8.33. The first kappa shape index (κ1) is 13.6. The Balaban J connectivity index is 2.05. The minimum atomic E-state index is -2.99. The minimum Gasteiger partial charge on any atom is -0.324 e. The quantitative estimate of drug-likeness (QED) is 0.903. The van der Waals surface area contributed by atoms with Crippen molar-refractivity contribution in [3.63, 3.8) is 0 Å². The molecular weight excluding hydrogens is 246 g/mol. The van der Waals surface area contributed by atoms with E-state index < -0.39 is 9.84 Å². The van der Waals surface area contributed by atoms with Gasteiger partial charge in [-0.1, -0.05) is 24.3 Å². The van der Waals surface area contributed by atoms with Gasteiger partial charge in [0.25, 0.3) is 0 Å². The molecule has 0 radical (unpaired) electrons. The first-order valence-electron chi connectivity index (χ1n) is 6.40. The predicted molar refractivity (Wildman–Crippen MR) is 74.3 cm³/mol. The molecule has 1 aliphatic rings. The van der Waals surface area contributed by atoms with Gasteiger partial charge >= 0.3 is 0 Å². The van der Waals surface area contributed by atoms with Crippen LogP contribution < -0.4 is 5.73 Å². The monoisotopic (exact) mass is 267 g/mol. The summed E-state index contributed by atoms with van der Waals surface area (Å²) in [7, 11) is -2.99. The number of sulfone groups is 1. The van der Waals surface area contributed by atoms with E-state index in [9.17, 15) is 8.42 Å². The molecule has 0 saturated heterocycles. The first-order valence-corrected chi connectivity index (χ1v) is 8.11. The van der Waals surface area contributed by atoms with E-state index in [4.69, 9.17) is 5.73 Å². The van der Waals surface area contributed by atoms with Gasteiger partial charge in [0.15, 0.2) is 9.84 Å². The van der Waals surface area contributed by atoms with Gasteiger partial charge in [0, 0.05) is 5.54 Å². The van der Waals surface area contributed by atoms with Crippen molar-refractivity contribution in [1.82, 2.24) is 0 Å². The molecule has 0 fully saturated rings. The Kier molecular flexibility index (Phi) is 3.52. The lowest BCUT2D eigenvalue weighted by Crippen LogP contribution is -2.42. The highest BCUT2D eigenvalue weighted by Crippen LogP contribution is 2.31. The van der Waals surface area contributed by atoms with Gasteiger partial charge < -0.3 is 5.73 Å². The molecule has 0 aliphatic heterocycles. The summed E-state index contributed by atoms with van der Waals surface area (Å²) in [5, 5.41) is -0.315. The highest BCUT2D eigenvalue weighted by atomic mass is 32.2. The topological polar surface area (TPSA) is 60.2 Å². The van der Waals surface area contributed by atoms with Gasteiger partial charge in [0.2, 0.25) is 0 Å². The van der Waals surface area contributed by atoms with E-state index in [1.165, 1.54) is 11.1 Å². The fourth-order valence-electron chi connectivity index (χ4n) is 2.48. The van der Waals surface area contributed by atoms with Gasteiger partial charge in [0.1, 0.15) is 0 Å². The maximum Gasteiger partial charge on any atom is 0.152 e. The molecule has 0 heterocycles. The third kappa shape index (κ3) is 2.75. The van der Waals surface area contributed by atoms with Gasteiger partial charge in [-0.15, -0.1) is 0 Å². The van der Waals surface area contributed by atoms with Crippen LogP contribution in [0.1, 0.15) is 31.4 Å². The Bertz CT molecular complexity index is 509. The number of hydrogen-bond acceptors (Lipinski definition) is 3. The predicted octanol–water partition coefficient (Wildman–Crippen LogP) is 1.70. The Labute approximate surface area is 109 Å². The van der Waals surface area contributed by atoms with Crippen LogP contribution in [-0.4, -0.2) is 25.0 Å². The summed E-state index contributed by atoms with van der Waals surface area (Å²) in [5.41, 5.74) is 8.50. The molecule has 0 saturated carbocycles. The molecule has 18 heavy (non-hydrogen) atoms. The molecule has 4 heteroatoms. The van der Waals surface area contributed by atoms with Crippen LogP contribution in [-0.2, 0) is 22.7 Å². The molecule has 1 aromatic carbocycles. The molecule has 0 spiro atoms. The maximum absolute atomic E-state index is 11.8. The molecule has 2 N–H and O–H groups in total. The fraction of sp³-hybridized carbons (Fsp3) is 0.571. The van der Waals surface area contributed by atoms with Crippen LogP contribution in [0.5, 0.6) is 0 Å². The smallest absolute Gasteiger partial charge is 0.152 e. The standard InChI is InChI=1S/C14H21NO2S/c1-11(2)18(16,17)8-7-14(15)9-12-5-3-4-6-13(12)10-14/h3-6,11H,7-10,15H2,1-2H3. The maximum atomic E-state index is 11.8. The lowest BCUT2D eigenvalue weighted by molar-refractivity contribution is 0.431. The molecule has 0 unspecified atom stereocenters. The molecular formula is C14H21NO2S. The molecule has 0 bridgehead atoms. The van der Waals surface area contributed by atoms with Crippen molar-refractivity contribution >= 4 is 9.84 Å². The van der Waals surface area contributed by atoms with Crippen molar-refractivity contribution in [2.45, 2.75) is 43.9 Å². The van der Waals surface area contributed by atoms with E-state index in [2.05, 4.69) is 12.1 Å². The summed E-state index contributed by atoms with van der Waals surface area (Å²) in [5.74, 6) is 0.190. The van der Waals surface area contributed by atoms with E-state index in [-0.39, 0.29) is 16.5 Å². The van der Waals surface area contributed by atoms with E-state index in [0.717, 1.165) is 12.8 Å². The molecule has 0 aromatic heterocycles. The number of rotatable bonds is 4. The second kappa shape index (κ2) is 4.67. The molecule has 3 nitrogen and oxygen atoms in total. The van der Waals surface area contributed by atoms with Crippen molar-refractivity contribution in [3.8, 4) is 0 Å². The number of nitrogens with two attached hydrogens (primary N) is 1. The summed E-state index contributed by atoms with van der Waals surface area (Å²) in [6.45, 7) is 3.45. The zero-order valence-corrected chi connectivity index (χ0v) is 11.8. The van der Waals surface area contributed by atoms with Crippen molar-refractivity contribution in [2.24, 2.45) is 5.73 Å². The highest BCUT2D eigenvalue weighted by molar-refractivity contribution is 7.91. The van der Waals surface area contributed by atoms with Crippen LogP contribution in [0.25, 0.3) is 0 Å². The Morgan fingerprint density at radius 2 is 1.72 bits per heavy atom. The zero-order valence-electron chi connectivity index (χ0n) is 11.0. The normalized spacial score (nSPS) is 18.0. The Morgan fingerprint density at radius 1 is 1.22 bits per heavy atom. The van der Waals surface area contributed by atoms with Gasteiger partial charge in [0.05, 0.1) is 11.0 Å². The molecule has 1 aromatic rings. The summed E-state index contributed by atoms with van der Waals surface area (Å²) in [6, 6.07) is 8.19. The fourth-order valence-corrected chi connectivity index (χ4v) is 3.64. The lowest BCUT2D eigenvalue weighted by atomic mass is 9.94. The Morgan fingerprint density at radius 3 is 2.17 bits per heavy atom. The van der Waals surface area contributed by atoms with Crippen LogP contribution in [0.2, 0.25) is 0 Å². The average Bonchev–Trinajstić information content (AvgIpc) is 2.63. The minimum absolute atomic E-state index is 0.190. The van der Waals surface area contributed by atoms with Gasteiger partial charge in [-0.05, 0) is 44.2 Å². The molecule has 1 aliphatic carbocycles. The van der Waals surface area contributed by atoms with Crippen molar-refractivity contribution in [2.75, 3.05) is 5.75 Å². The average molecular weight is 267 g/mol. The molecule has 2 rings (SSSR count). The second-order valence-electron chi connectivity index (χ2n) is 5.65. The third-order valence-electron chi connectivity index (χ3n) is 3.81. The zero-order chi connectivity index (χ0) is 13.4. The SMILES string of the molecule is CC(C)S(=O)(=O)CCC1(N)Cc2ccccc2C1. The summed E-state index contributed by atoms with van der Waals surface area (Å²) in [6.07, 6.45) is 2.12. The summed E-state index contributed by atoms with van der Waals surface area (Å²) >= 11 is 0. The molecule has 0 atom stereocenters. The largest absolute Gasteiger partial charge is 0.324 e. The van der Waals surface area contributed by atoms with Crippen LogP contribution in [0.3, 0.4) is 0 Å². The first-order chi connectivity index (χ1) is 8.32. The van der Waals surface area contributed by atoms with E-state index in [1.807, 2.05) is 12.1 Å². The van der Waals surface area contributed by atoms with Crippen LogP contribution >= 0.6 is 0 Å². The Hall–Kier alpha value is -0.870. The van der Waals surface area contributed by atoms with Crippen LogP contribution in [0.4, 0.5) is 0 Å². The van der Waals surface area contributed by atoms with Gasteiger partial charge in [-0.2, -0.15) is 0 Å². The number of fused-ring (bicyclic) bond motifs is 1. The lowest BCUT2D eigenvalue weighted by Gasteiger charge is -2.24. The van der Waals surface area contributed by atoms with E-state index >= 15 is 0 Å². The third-order valence-corrected chi connectivity index (χ3v) is 6.02. The number of benzene rings is 1. The van der Waals surface area contributed by atoms with E-state index in [1.54, 1.807) is 13.8 Å². The van der Waals surface area contributed by atoms with Crippen molar-refractivity contribution in [3.05, 3.63) is 35.4 Å². The summed E-state index contributed by atoms with van der Waals surface area (Å²) in [4.78, 5) is 0. The van der Waals surface area contributed by atoms with Gasteiger partial charge in [-0.3, -0.25) is 0 Å².